The van der Waals surface area contributed by atoms with Crippen molar-refractivity contribution >= 4 is 0 Å². The van der Waals surface area contributed by atoms with Crippen molar-refractivity contribution in [1.82, 2.24) is 0 Å². The standard InChI is InChI=1S/C7H12O3/c1-5-6(2)9-10-7(5)3-4-8/h6,8H,3-4H2,1-2H3. The fraction of sp³-hybridized carbons (Fsp3) is 0.714. The first-order chi connectivity index (χ1) is 4.75. The van der Waals surface area contributed by atoms with Gasteiger partial charge in [-0.2, -0.15) is 4.89 Å². The molecule has 1 N–H and O–H groups in total. The molecular weight excluding hydrogens is 132 g/mol. The average molecular weight is 144 g/mol. The summed E-state index contributed by atoms with van der Waals surface area (Å²) in [6.07, 6.45) is 0.595. The number of hydrogen-bond donors (Lipinski definition) is 1. The summed E-state index contributed by atoms with van der Waals surface area (Å²) in [4.78, 5) is 9.68. The van der Waals surface area contributed by atoms with Crippen molar-refractivity contribution in [2.75, 3.05) is 6.61 Å². The van der Waals surface area contributed by atoms with Crippen molar-refractivity contribution in [1.29, 1.82) is 0 Å². The largest absolute Gasteiger partial charge is 0.396 e. The lowest BCUT2D eigenvalue weighted by Gasteiger charge is -1.97. The minimum atomic E-state index is 0.0431. The summed E-state index contributed by atoms with van der Waals surface area (Å²) in [6, 6.07) is 0. The van der Waals surface area contributed by atoms with Gasteiger partial charge in [-0.3, -0.25) is 0 Å². The molecule has 0 spiro atoms. The predicted molar refractivity (Wildman–Crippen MR) is 36.0 cm³/mol. The SMILES string of the molecule is CC1=C(CCO)OOC1C. The second-order valence-corrected chi connectivity index (χ2v) is 2.40. The van der Waals surface area contributed by atoms with Gasteiger partial charge in [0.1, 0.15) is 11.9 Å². The van der Waals surface area contributed by atoms with Crippen LogP contribution in [0.2, 0.25) is 0 Å². The highest BCUT2D eigenvalue weighted by molar-refractivity contribution is 5.12. The summed E-state index contributed by atoms with van der Waals surface area (Å²) in [5.41, 5.74) is 1.08. The molecule has 1 heterocycles. The minimum Gasteiger partial charge on any atom is -0.396 e. The molecule has 0 saturated heterocycles. The summed E-state index contributed by atoms with van der Waals surface area (Å²) < 4.78 is 0. The van der Waals surface area contributed by atoms with Gasteiger partial charge >= 0.3 is 0 Å². The Bertz CT molecular complexity index is 151. The number of aliphatic hydroxyl groups excluding tert-OH is 1. The van der Waals surface area contributed by atoms with Crippen LogP contribution in [0.15, 0.2) is 11.3 Å². The number of rotatable bonds is 2. The molecule has 1 rings (SSSR count). The Morgan fingerprint density at radius 1 is 1.60 bits per heavy atom. The summed E-state index contributed by atoms with van der Waals surface area (Å²) in [5, 5.41) is 8.56. The van der Waals surface area contributed by atoms with Crippen LogP contribution in [0.3, 0.4) is 0 Å². The third-order valence-corrected chi connectivity index (χ3v) is 1.68. The molecule has 0 aromatic rings. The maximum atomic E-state index is 8.56. The third-order valence-electron chi connectivity index (χ3n) is 1.68. The number of aliphatic hydroxyl groups is 1. The Kier molecular flexibility index (Phi) is 2.29. The van der Waals surface area contributed by atoms with E-state index in [-0.39, 0.29) is 12.7 Å². The van der Waals surface area contributed by atoms with Crippen molar-refractivity contribution in [2.45, 2.75) is 26.4 Å². The van der Waals surface area contributed by atoms with Crippen LogP contribution in [-0.2, 0) is 9.78 Å². The molecular formula is C7H12O3. The van der Waals surface area contributed by atoms with Gasteiger partial charge < -0.3 is 9.99 Å². The van der Waals surface area contributed by atoms with Crippen LogP contribution < -0.4 is 0 Å². The second-order valence-electron chi connectivity index (χ2n) is 2.40. The van der Waals surface area contributed by atoms with Crippen molar-refractivity contribution in [3.8, 4) is 0 Å². The average Bonchev–Trinajstić information content (AvgIpc) is 2.20. The number of hydrogen-bond acceptors (Lipinski definition) is 3. The Morgan fingerprint density at radius 2 is 2.30 bits per heavy atom. The summed E-state index contributed by atoms with van der Waals surface area (Å²) in [7, 11) is 0. The van der Waals surface area contributed by atoms with E-state index in [1.165, 1.54) is 0 Å². The summed E-state index contributed by atoms with van der Waals surface area (Å²) in [6.45, 7) is 3.98. The van der Waals surface area contributed by atoms with Crippen molar-refractivity contribution in [3.05, 3.63) is 11.3 Å². The molecule has 10 heavy (non-hydrogen) atoms. The van der Waals surface area contributed by atoms with E-state index in [1.54, 1.807) is 0 Å². The molecule has 1 atom stereocenters. The Hall–Kier alpha value is -0.540. The third kappa shape index (κ3) is 1.30. The smallest absolute Gasteiger partial charge is 0.146 e. The molecule has 0 saturated carbocycles. The van der Waals surface area contributed by atoms with Crippen LogP contribution in [0, 0.1) is 0 Å². The van der Waals surface area contributed by atoms with E-state index in [0.717, 1.165) is 11.3 Å². The normalized spacial score (nSPS) is 25.3. The highest BCUT2D eigenvalue weighted by Gasteiger charge is 2.20. The predicted octanol–water partition coefficient (Wildman–Crippen LogP) is 0.993. The van der Waals surface area contributed by atoms with Crippen LogP contribution in [0.25, 0.3) is 0 Å². The zero-order valence-corrected chi connectivity index (χ0v) is 6.26. The molecule has 0 fully saturated rings. The fourth-order valence-electron chi connectivity index (χ4n) is 0.835. The lowest BCUT2D eigenvalue weighted by Crippen LogP contribution is -1.99. The van der Waals surface area contributed by atoms with Crippen LogP contribution in [0.4, 0.5) is 0 Å². The van der Waals surface area contributed by atoms with Crippen molar-refractivity contribution in [2.24, 2.45) is 0 Å². The van der Waals surface area contributed by atoms with Gasteiger partial charge in [-0.05, 0) is 13.8 Å². The maximum absolute atomic E-state index is 8.56. The highest BCUT2D eigenvalue weighted by atomic mass is 17.2. The molecule has 3 heteroatoms. The second kappa shape index (κ2) is 3.03. The lowest BCUT2D eigenvalue weighted by molar-refractivity contribution is -0.261. The maximum Gasteiger partial charge on any atom is 0.146 e. The first kappa shape index (κ1) is 7.57. The van der Waals surface area contributed by atoms with Crippen molar-refractivity contribution in [3.63, 3.8) is 0 Å². The zero-order valence-electron chi connectivity index (χ0n) is 6.26. The van der Waals surface area contributed by atoms with E-state index in [0.29, 0.717) is 6.42 Å². The Morgan fingerprint density at radius 3 is 2.70 bits per heavy atom. The van der Waals surface area contributed by atoms with Crippen LogP contribution in [-0.4, -0.2) is 17.8 Å². The Labute approximate surface area is 60.2 Å². The van der Waals surface area contributed by atoms with E-state index < -0.39 is 0 Å². The van der Waals surface area contributed by atoms with Gasteiger partial charge in [0.15, 0.2) is 0 Å². The monoisotopic (exact) mass is 144 g/mol. The molecule has 0 bridgehead atoms. The lowest BCUT2D eigenvalue weighted by atomic mass is 10.1. The zero-order chi connectivity index (χ0) is 7.56. The van der Waals surface area contributed by atoms with Gasteiger partial charge in [-0.15, -0.1) is 0 Å². The van der Waals surface area contributed by atoms with Gasteiger partial charge in [0.2, 0.25) is 0 Å². The fourth-order valence-corrected chi connectivity index (χ4v) is 0.835. The topological polar surface area (TPSA) is 38.7 Å². The molecule has 1 aliphatic rings. The van der Waals surface area contributed by atoms with Crippen LogP contribution in [0.1, 0.15) is 20.3 Å². The van der Waals surface area contributed by atoms with Crippen molar-refractivity contribution < 1.29 is 14.9 Å². The minimum absolute atomic E-state index is 0.0431. The first-order valence-electron chi connectivity index (χ1n) is 3.39. The van der Waals surface area contributed by atoms with Crippen LogP contribution >= 0.6 is 0 Å². The molecule has 3 nitrogen and oxygen atoms in total. The van der Waals surface area contributed by atoms with Gasteiger partial charge in [0, 0.05) is 12.0 Å². The van der Waals surface area contributed by atoms with Gasteiger partial charge in [-0.1, -0.05) is 0 Å². The molecule has 0 aromatic heterocycles. The summed E-state index contributed by atoms with van der Waals surface area (Å²) >= 11 is 0. The molecule has 0 aliphatic carbocycles. The molecule has 0 amide bonds. The molecule has 0 aromatic carbocycles. The van der Waals surface area contributed by atoms with E-state index in [1.807, 2.05) is 13.8 Å². The van der Waals surface area contributed by atoms with E-state index >= 15 is 0 Å². The van der Waals surface area contributed by atoms with Gasteiger partial charge in [0.25, 0.3) is 0 Å². The molecule has 0 radical (unpaired) electrons. The molecule has 1 aliphatic heterocycles. The van der Waals surface area contributed by atoms with E-state index in [2.05, 4.69) is 0 Å². The highest BCUT2D eigenvalue weighted by Crippen LogP contribution is 2.23. The van der Waals surface area contributed by atoms with Crippen LogP contribution in [0.5, 0.6) is 0 Å². The van der Waals surface area contributed by atoms with Gasteiger partial charge in [-0.25, -0.2) is 0 Å². The Balaban J connectivity index is 2.56. The molecule has 1 unspecified atom stereocenters. The summed E-state index contributed by atoms with van der Waals surface area (Å²) in [5.74, 6) is 0.773. The van der Waals surface area contributed by atoms with E-state index in [9.17, 15) is 0 Å². The quantitative estimate of drug-likeness (QED) is 0.587. The molecule has 58 valence electrons. The van der Waals surface area contributed by atoms with Gasteiger partial charge in [0.05, 0.1) is 6.61 Å². The first-order valence-corrected chi connectivity index (χ1v) is 3.39. The van der Waals surface area contributed by atoms with E-state index in [4.69, 9.17) is 14.9 Å².